The number of amidine groups is 1. The van der Waals surface area contributed by atoms with E-state index in [-0.39, 0.29) is 18.5 Å². The zero-order valence-electron chi connectivity index (χ0n) is 9.79. The summed E-state index contributed by atoms with van der Waals surface area (Å²) in [6.07, 6.45) is 0. The van der Waals surface area contributed by atoms with Gasteiger partial charge in [-0.25, -0.2) is 14.6 Å². The number of ether oxygens (including phenoxy) is 1. The van der Waals surface area contributed by atoms with E-state index in [1.165, 1.54) is 7.11 Å². The fourth-order valence-corrected chi connectivity index (χ4v) is 1.74. The molecule has 18 heavy (non-hydrogen) atoms. The molecule has 94 valence electrons. The summed E-state index contributed by atoms with van der Waals surface area (Å²) in [6, 6.07) is 7.46. The molecule has 0 saturated heterocycles. The van der Waals surface area contributed by atoms with Crippen LogP contribution in [0.3, 0.4) is 0 Å². The van der Waals surface area contributed by atoms with Crippen molar-refractivity contribution in [1.82, 2.24) is 4.90 Å². The van der Waals surface area contributed by atoms with E-state index in [4.69, 9.17) is 0 Å². The van der Waals surface area contributed by atoms with Crippen LogP contribution in [-0.2, 0) is 9.53 Å². The van der Waals surface area contributed by atoms with Crippen molar-refractivity contribution >= 4 is 17.9 Å². The van der Waals surface area contributed by atoms with Crippen LogP contribution < -0.4 is 4.99 Å². The van der Waals surface area contributed by atoms with Crippen LogP contribution >= 0.6 is 0 Å². The van der Waals surface area contributed by atoms with Crippen molar-refractivity contribution in [2.45, 2.75) is 6.04 Å². The number of rotatable bonds is 2. The highest BCUT2D eigenvalue weighted by molar-refractivity contribution is 6.03. The maximum Gasteiger partial charge on any atom is 0.450 e. The maximum absolute atomic E-state index is 12.1. The third-order valence-corrected chi connectivity index (χ3v) is 2.68. The Labute approximate surface area is 104 Å². The molecule has 1 amide bonds. The number of nitrogens with zero attached hydrogens (tertiary/aromatic N) is 1. The first-order valence-corrected chi connectivity index (χ1v) is 5.40. The van der Waals surface area contributed by atoms with E-state index in [1.807, 2.05) is 0 Å². The summed E-state index contributed by atoms with van der Waals surface area (Å²) in [4.78, 5) is 27.0. The highest BCUT2D eigenvalue weighted by atomic mass is 16.5. The summed E-state index contributed by atoms with van der Waals surface area (Å²) in [5, 5.41) is 9.64. The number of benzene rings is 1. The van der Waals surface area contributed by atoms with Crippen LogP contribution in [0.4, 0.5) is 0 Å². The highest BCUT2D eigenvalue weighted by Crippen LogP contribution is 2.06. The average Bonchev–Trinajstić information content (AvgIpc) is 2.80. The molecular formula is C12H13N2O4+. The molecule has 1 aromatic rings. The molecule has 1 heterocycles. The predicted octanol–water partition coefficient (Wildman–Crippen LogP) is -1.32. The lowest BCUT2D eigenvalue weighted by Gasteiger charge is -2.07. The van der Waals surface area contributed by atoms with E-state index in [1.54, 1.807) is 30.3 Å². The summed E-state index contributed by atoms with van der Waals surface area (Å²) >= 11 is 0. The van der Waals surface area contributed by atoms with Crippen molar-refractivity contribution in [3.63, 3.8) is 0 Å². The van der Waals surface area contributed by atoms with E-state index in [0.29, 0.717) is 5.56 Å². The first-order chi connectivity index (χ1) is 8.63. The van der Waals surface area contributed by atoms with Gasteiger partial charge in [0.1, 0.15) is 6.54 Å². The van der Waals surface area contributed by atoms with E-state index >= 15 is 0 Å². The van der Waals surface area contributed by atoms with Gasteiger partial charge in [-0.2, -0.15) is 4.90 Å². The number of methoxy groups -OCH3 is 1. The van der Waals surface area contributed by atoms with Crippen LogP contribution in [0.5, 0.6) is 0 Å². The molecule has 0 aliphatic carbocycles. The number of nitrogens with one attached hydrogen (secondary N) is 1. The van der Waals surface area contributed by atoms with Gasteiger partial charge in [-0.1, -0.05) is 18.2 Å². The van der Waals surface area contributed by atoms with Crippen LogP contribution in [0.25, 0.3) is 0 Å². The minimum atomic E-state index is -0.734. The fourth-order valence-electron chi connectivity index (χ4n) is 1.74. The van der Waals surface area contributed by atoms with Gasteiger partial charge in [0.25, 0.3) is 0 Å². The number of hydrogen-bond acceptors (Lipinski definition) is 3. The van der Waals surface area contributed by atoms with Crippen LogP contribution in [0, 0.1) is 0 Å². The van der Waals surface area contributed by atoms with Gasteiger partial charge in [-0.15, -0.1) is 0 Å². The van der Waals surface area contributed by atoms with Crippen molar-refractivity contribution in [3.05, 3.63) is 35.9 Å². The van der Waals surface area contributed by atoms with Gasteiger partial charge in [0, 0.05) is 0 Å². The third-order valence-electron chi connectivity index (χ3n) is 2.68. The highest BCUT2D eigenvalue weighted by Gasteiger charge is 2.42. The van der Waals surface area contributed by atoms with Crippen LogP contribution in [0.2, 0.25) is 0 Å². The predicted molar refractivity (Wildman–Crippen MR) is 61.9 cm³/mol. The summed E-state index contributed by atoms with van der Waals surface area (Å²) < 4.78 is 4.55. The zero-order valence-corrected chi connectivity index (χ0v) is 9.79. The summed E-state index contributed by atoms with van der Waals surface area (Å²) in [5.74, 6) is -0.892. The van der Waals surface area contributed by atoms with Crippen LogP contribution in [-0.4, -0.2) is 47.6 Å². The van der Waals surface area contributed by atoms with E-state index in [2.05, 4.69) is 9.73 Å². The molecule has 1 aliphatic rings. The number of esters is 1. The molecule has 0 aromatic heterocycles. The van der Waals surface area contributed by atoms with Crippen LogP contribution in [0.1, 0.15) is 10.4 Å². The SMILES string of the molecule is COC(=O)C1CN(C(=O)c2ccccc2)C(O)=[NH+]1. The fraction of sp³-hybridized carbons (Fsp3) is 0.250. The lowest BCUT2D eigenvalue weighted by atomic mass is 10.2. The Morgan fingerprint density at radius 3 is 2.67 bits per heavy atom. The molecule has 6 heteroatoms. The third kappa shape index (κ3) is 2.17. The number of amides is 1. The summed E-state index contributed by atoms with van der Waals surface area (Å²) in [7, 11) is 1.25. The molecule has 2 N–H and O–H groups in total. The number of hydrogen-bond donors (Lipinski definition) is 2. The van der Waals surface area contributed by atoms with Gasteiger partial charge in [-0.3, -0.25) is 0 Å². The first-order valence-electron chi connectivity index (χ1n) is 5.40. The van der Waals surface area contributed by atoms with Crippen molar-refractivity contribution in [2.24, 2.45) is 0 Å². The molecule has 0 saturated carbocycles. The monoisotopic (exact) mass is 249 g/mol. The molecule has 0 fully saturated rings. The smallest absolute Gasteiger partial charge is 0.450 e. The second-order valence-electron chi connectivity index (χ2n) is 3.83. The Kier molecular flexibility index (Phi) is 3.27. The second kappa shape index (κ2) is 4.87. The second-order valence-corrected chi connectivity index (χ2v) is 3.83. The Hall–Kier alpha value is -2.37. The van der Waals surface area contributed by atoms with E-state index < -0.39 is 12.0 Å². The van der Waals surface area contributed by atoms with Crippen LogP contribution in [0.15, 0.2) is 30.3 Å². The van der Waals surface area contributed by atoms with E-state index in [0.717, 1.165) is 4.90 Å². The lowest BCUT2D eigenvalue weighted by molar-refractivity contribution is -0.485. The van der Waals surface area contributed by atoms with Gasteiger partial charge < -0.3 is 9.84 Å². The Bertz CT molecular complexity index is 498. The quantitative estimate of drug-likeness (QED) is 0.637. The molecule has 0 bridgehead atoms. The van der Waals surface area contributed by atoms with Gasteiger partial charge in [0.15, 0.2) is 0 Å². The first kappa shape index (κ1) is 12.1. The molecule has 1 aromatic carbocycles. The number of aliphatic hydroxyl groups is 1. The molecule has 1 aliphatic heterocycles. The summed E-state index contributed by atoms with van der Waals surface area (Å²) in [5.41, 5.74) is 0.441. The Balaban J connectivity index is 2.15. The molecule has 0 radical (unpaired) electrons. The Morgan fingerprint density at radius 1 is 1.39 bits per heavy atom. The van der Waals surface area contributed by atoms with Crippen molar-refractivity contribution in [3.8, 4) is 0 Å². The van der Waals surface area contributed by atoms with Gasteiger partial charge in [0.2, 0.25) is 6.04 Å². The molecule has 2 rings (SSSR count). The van der Waals surface area contributed by atoms with Gasteiger partial charge in [0.05, 0.1) is 12.7 Å². The minimum Gasteiger partial charge on any atom is -0.466 e. The molecule has 0 spiro atoms. The van der Waals surface area contributed by atoms with Gasteiger partial charge in [-0.05, 0) is 12.1 Å². The number of carbonyl (C=O) groups is 2. The number of carbonyl (C=O) groups excluding carboxylic acids is 2. The van der Waals surface area contributed by atoms with Gasteiger partial charge >= 0.3 is 17.9 Å². The summed E-state index contributed by atoms with van der Waals surface area (Å²) in [6.45, 7) is 0.0479. The van der Waals surface area contributed by atoms with Crippen molar-refractivity contribution < 1.29 is 24.4 Å². The minimum absolute atomic E-state index is 0.0479. The van der Waals surface area contributed by atoms with Crippen molar-refractivity contribution in [1.29, 1.82) is 0 Å². The van der Waals surface area contributed by atoms with E-state index in [9.17, 15) is 14.7 Å². The topological polar surface area (TPSA) is 80.8 Å². The van der Waals surface area contributed by atoms with Crippen molar-refractivity contribution in [2.75, 3.05) is 13.7 Å². The molecule has 1 atom stereocenters. The normalized spacial score (nSPS) is 18.4. The lowest BCUT2D eigenvalue weighted by Crippen LogP contribution is -2.79. The molecular weight excluding hydrogens is 236 g/mol. The largest absolute Gasteiger partial charge is 0.466 e. The maximum atomic E-state index is 12.1. The number of aliphatic hydroxyl groups excluding tert-OH is 1. The average molecular weight is 249 g/mol. The Morgan fingerprint density at radius 2 is 2.06 bits per heavy atom. The molecule has 6 nitrogen and oxygen atoms in total. The zero-order chi connectivity index (χ0) is 13.1. The standard InChI is InChI=1S/C12H12N2O4/c1-18-11(16)9-7-14(12(17)13-9)10(15)8-5-3-2-4-6-8/h2-6,9H,7H2,1H3,(H,13,17)/p+1. The molecule has 1 unspecified atom stereocenters.